The molecule has 1 saturated heterocycles. The van der Waals surface area contributed by atoms with Crippen LogP contribution >= 0.6 is 0 Å². The van der Waals surface area contributed by atoms with Crippen LogP contribution in [-0.2, 0) is 32.2 Å². The molecule has 1 amide bonds. The summed E-state index contributed by atoms with van der Waals surface area (Å²) in [6, 6.07) is 8.93. The lowest BCUT2D eigenvalue weighted by atomic mass is 10.1. The Labute approximate surface area is 172 Å². The lowest BCUT2D eigenvalue weighted by molar-refractivity contribution is -0.137. The van der Waals surface area contributed by atoms with Crippen molar-refractivity contribution >= 4 is 21.6 Å². The Balaban J connectivity index is 1.77. The first-order valence-electron chi connectivity index (χ1n) is 9.22. The summed E-state index contributed by atoms with van der Waals surface area (Å²) in [4.78, 5) is 12.4. The molecule has 10 heteroatoms. The van der Waals surface area contributed by atoms with Crippen molar-refractivity contribution in [2.75, 3.05) is 31.6 Å². The van der Waals surface area contributed by atoms with E-state index in [1.54, 1.807) is 13.0 Å². The van der Waals surface area contributed by atoms with Crippen molar-refractivity contribution in [2.24, 2.45) is 0 Å². The molecule has 0 atom stereocenters. The van der Waals surface area contributed by atoms with E-state index in [9.17, 15) is 26.4 Å². The van der Waals surface area contributed by atoms with Gasteiger partial charge >= 0.3 is 6.18 Å². The topological polar surface area (TPSA) is 75.7 Å². The molecular weight excluding hydrogens is 421 g/mol. The van der Waals surface area contributed by atoms with Crippen molar-refractivity contribution in [1.29, 1.82) is 0 Å². The van der Waals surface area contributed by atoms with Crippen molar-refractivity contribution in [3.05, 3.63) is 59.2 Å². The zero-order valence-corrected chi connectivity index (χ0v) is 17.0. The highest BCUT2D eigenvalue weighted by atomic mass is 32.2. The summed E-state index contributed by atoms with van der Waals surface area (Å²) in [5.74, 6) is -0.543. The summed E-state index contributed by atoms with van der Waals surface area (Å²) in [5.41, 5.74) is 0.300. The molecule has 0 aliphatic carbocycles. The molecule has 3 rings (SSSR count). The molecule has 0 aromatic heterocycles. The molecule has 1 aliphatic heterocycles. The Bertz CT molecular complexity index is 1030. The lowest BCUT2D eigenvalue weighted by Crippen LogP contribution is -2.40. The van der Waals surface area contributed by atoms with Gasteiger partial charge in [0.05, 0.1) is 30.1 Å². The van der Waals surface area contributed by atoms with Crippen molar-refractivity contribution < 1.29 is 31.1 Å². The molecule has 0 unspecified atom stereocenters. The van der Waals surface area contributed by atoms with Gasteiger partial charge in [-0.2, -0.15) is 17.5 Å². The molecule has 1 aliphatic rings. The minimum absolute atomic E-state index is 0.0318. The Morgan fingerprint density at radius 3 is 2.50 bits per heavy atom. The van der Waals surface area contributed by atoms with Crippen LogP contribution in [0.15, 0.2) is 47.4 Å². The fraction of sp³-hybridized carbons (Fsp3) is 0.350. The minimum Gasteiger partial charge on any atom is -0.379 e. The number of halogens is 3. The second-order valence-corrected chi connectivity index (χ2v) is 8.85. The summed E-state index contributed by atoms with van der Waals surface area (Å²) < 4.78 is 70.7. The summed E-state index contributed by atoms with van der Waals surface area (Å²) in [7, 11) is -3.74. The van der Waals surface area contributed by atoms with E-state index in [-0.39, 0.29) is 30.0 Å². The van der Waals surface area contributed by atoms with Crippen molar-refractivity contribution in [3.8, 4) is 0 Å². The third-order valence-electron chi connectivity index (χ3n) is 4.71. The highest BCUT2D eigenvalue weighted by Gasteiger charge is 2.30. The first-order valence-corrected chi connectivity index (χ1v) is 10.7. The number of carbonyl (C=O) groups excluding carboxylic acids is 1. The fourth-order valence-electron chi connectivity index (χ4n) is 3.07. The molecule has 30 heavy (non-hydrogen) atoms. The number of nitrogens with zero attached hydrogens (tertiary/aromatic N) is 1. The van der Waals surface area contributed by atoms with Crippen LogP contribution < -0.4 is 5.32 Å². The number of sulfonamides is 1. The van der Waals surface area contributed by atoms with Crippen LogP contribution in [-0.4, -0.2) is 44.9 Å². The number of carbonyl (C=O) groups is 1. The van der Waals surface area contributed by atoms with Crippen LogP contribution in [0.5, 0.6) is 0 Å². The summed E-state index contributed by atoms with van der Waals surface area (Å²) in [6.07, 6.45) is -4.77. The normalized spacial score (nSPS) is 15.7. The van der Waals surface area contributed by atoms with Crippen molar-refractivity contribution in [3.63, 3.8) is 0 Å². The Morgan fingerprint density at radius 1 is 1.13 bits per heavy atom. The van der Waals surface area contributed by atoms with Gasteiger partial charge in [-0.3, -0.25) is 4.79 Å². The van der Waals surface area contributed by atoms with Crippen LogP contribution in [0.3, 0.4) is 0 Å². The number of hydrogen-bond acceptors (Lipinski definition) is 4. The number of hydrogen-bond donors (Lipinski definition) is 1. The van der Waals surface area contributed by atoms with E-state index < -0.39 is 27.7 Å². The first kappa shape index (κ1) is 22.3. The van der Waals surface area contributed by atoms with E-state index in [0.717, 1.165) is 12.1 Å². The van der Waals surface area contributed by atoms with Gasteiger partial charge in [-0.1, -0.05) is 24.3 Å². The van der Waals surface area contributed by atoms with Crippen LogP contribution in [0.1, 0.15) is 16.7 Å². The monoisotopic (exact) mass is 442 g/mol. The number of rotatable bonds is 5. The van der Waals surface area contributed by atoms with Crippen molar-refractivity contribution in [2.45, 2.75) is 24.4 Å². The van der Waals surface area contributed by atoms with Gasteiger partial charge in [0, 0.05) is 18.8 Å². The number of amides is 1. The fourth-order valence-corrected chi connectivity index (χ4v) is 4.50. The molecule has 1 N–H and O–H groups in total. The average Bonchev–Trinajstić information content (AvgIpc) is 2.69. The molecule has 1 heterocycles. The summed E-state index contributed by atoms with van der Waals surface area (Å²) >= 11 is 0. The Hall–Kier alpha value is -2.43. The van der Waals surface area contributed by atoms with Gasteiger partial charge in [-0.05, 0) is 36.2 Å². The number of aryl methyl sites for hydroxylation is 1. The third kappa shape index (κ3) is 5.18. The summed E-state index contributed by atoms with van der Waals surface area (Å²) in [5, 5.41) is 2.60. The number of morpholine rings is 1. The third-order valence-corrected chi connectivity index (χ3v) is 6.60. The van der Waals surface area contributed by atoms with Gasteiger partial charge < -0.3 is 10.1 Å². The first-order chi connectivity index (χ1) is 14.1. The number of alkyl halides is 3. The predicted molar refractivity (Wildman–Crippen MR) is 105 cm³/mol. The van der Waals surface area contributed by atoms with Crippen LogP contribution in [0.25, 0.3) is 0 Å². The maximum Gasteiger partial charge on any atom is 0.416 e. The zero-order valence-electron chi connectivity index (χ0n) is 16.2. The van der Waals surface area contributed by atoms with E-state index in [4.69, 9.17) is 4.74 Å². The van der Waals surface area contributed by atoms with E-state index in [0.29, 0.717) is 24.5 Å². The molecule has 0 saturated carbocycles. The molecule has 0 spiro atoms. The van der Waals surface area contributed by atoms with E-state index in [1.807, 2.05) is 0 Å². The zero-order chi connectivity index (χ0) is 21.9. The largest absolute Gasteiger partial charge is 0.416 e. The smallest absolute Gasteiger partial charge is 0.379 e. The SMILES string of the molecule is Cc1ccc(S(=O)(=O)N2CCOCC2)cc1NC(=O)Cc1cccc(C(F)(F)F)c1. The maximum absolute atomic E-state index is 12.8. The molecule has 0 radical (unpaired) electrons. The Kier molecular flexibility index (Phi) is 6.49. The van der Waals surface area contributed by atoms with Crippen LogP contribution in [0, 0.1) is 6.92 Å². The van der Waals surface area contributed by atoms with Gasteiger partial charge in [0.2, 0.25) is 15.9 Å². The van der Waals surface area contributed by atoms with E-state index in [2.05, 4.69) is 5.32 Å². The number of benzene rings is 2. The molecule has 6 nitrogen and oxygen atoms in total. The molecular formula is C20H21F3N2O4S. The standard InChI is InChI=1S/C20H21F3N2O4S/c1-14-5-6-17(30(27,28)25-7-9-29-10-8-25)13-18(14)24-19(26)12-15-3-2-4-16(11-15)20(21,22)23/h2-6,11,13H,7-10,12H2,1H3,(H,24,26). The lowest BCUT2D eigenvalue weighted by Gasteiger charge is -2.26. The van der Waals surface area contributed by atoms with E-state index >= 15 is 0 Å². The van der Waals surface area contributed by atoms with Gasteiger partial charge in [-0.15, -0.1) is 0 Å². The second kappa shape index (κ2) is 8.75. The van der Waals surface area contributed by atoms with Gasteiger partial charge in [0.25, 0.3) is 0 Å². The van der Waals surface area contributed by atoms with Gasteiger partial charge in [-0.25, -0.2) is 8.42 Å². The average molecular weight is 442 g/mol. The van der Waals surface area contributed by atoms with Crippen molar-refractivity contribution in [1.82, 2.24) is 4.31 Å². The minimum atomic E-state index is -4.49. The predicted octanol–water partition coefficient (Wildman–Crippen LogP) is 3.22. The number of anilines is 1. The maximum atomic E-state index is 12.8. The highest BCUT2D eigenvalue weighted by molar-refractivity contribution is 7.89. The summed E-state index contributed by atoms with van der Waals surface area (Å²) in [6.45, 7) is 2.81. The van der Waals surface area contributed by atoms with E-state index in [1.165, 1.54) is 28.6 Å². The second-order valence-electron chi connectivity index (χ2n) is 6.92. The quantitative estimate of drug-likeness (QED) is 0.772. The Morgan fingerprint density at radius 2 is 1.83 bits per heavy atom. The number of nitrogens with one attached hydrogen (secondary N) is 1. The van der Waals surface area contributed by atoms with Gasteiger partial charge in [0.1, 0.15) is 0 Å². The highest BCUT2D eigenvalue weighted by Crippen LogP contribution is 2.30. The molecule has 1 fully saturated rings. The van der Waals surface area contributed by atoms with Gasteiger partial charge in [0.15, 0.2) is 0 Å². The molecule has 162 valence electrons. The molecule has 2 aromatic carbocycles. The molecule has 0 bridgehead atoms. The molecule has 2 aromatic rings. The number of ether oxygens (including phenoxy) is 1. The van der Waals surface area contributed by atoms with Crippen LogP contribution in [0.4, 0.5) is 18.9 Å². The van der Waals surface area contributed by atoms with Crippen LogP contribution in [0.2, 0.25) is 0 Å².